The average Bonchev–Trinajstić information content (AvgIpc) is 1.80. The lowest BCUT2D eigenvalue weighted by Crippen LogP contribution is -2.49. The molecule has 3 nitrogen and oxygen atoms in total. The second kappa shape index (κ2) is 1.80. The van der Waals surface area contributed by atoms with Crippen molar-refractivity contribution in [2.45, 2.75) is 12.3 Å². The van der Waals surface area contributed by atoms with Crippen molar-refractivity contribution in [3.63, 3.8) is 0 Å². The maximum absolute atomic E-state index is 5.17. The predicted octanol–water partition coefficient (Wildman–Crippen LogP) is -0.0760. The number of rotatable bonds is 0. The Morgan fingerprint density at radius 2 is 2.62 bits per heavy atom. The molecular formula is C4H7IN2O. The molecule has 2 fully saturated rings. The summed E-state index contributed by atoms with van der Waals surface area (Å²) in [5, 5.41) is 3.20. The average molecular weight is 226 g/mol. The van der Waals surface area contributed by atoms with E-state index in [9.17, 15) is 0 Å². The van der Waals surface area contributed by atoms with Gasteiger partial charge in [0, 0.05) is 22.9 Å². The maximum atomic E-state index is 5.17. The summed E-state index contributed by atoms with van der Waals surface area (Å²) in [7, 11) is 0. The molecule has 2 unspecified atom stereocenters. The van der Waals surface area contributed by atoms with E-state index in [0.717, 1.165) is 13.3 Å². The molecule has 1 N–H and O–H groups in total. The Hall–Kier alpha value is 0.610. The standard InChI is InChI=1S/C4H7IN2O/c5-7-2-6-4-3(7)1-8-4/h3-4,6H,1-2H2. The third kappa shape index (κ3) is 0.601. The van der Waals surface area contributed by atoms with Gasteiger partial charge in [0.05, 0.1) is 19.3 Å². The minimum Gasteiger partial charge on any atom is -0.360 e. The first-order valence-electron chi connectivity index (χ1n) is 2.65. The molecule has 8 heavy (non-hydrogen) atoms. The highest BCUT2D eigenvalue weighted by molar-refractivity contribution is 14.1. The second-order valence-electron chi connectivity index (χ2n) is 2.08. The third-order valence-electron chi connectivity index (χ3n) is 1.60. The predicted molar refractivity (Wildman–Crippen MR) is 37.4 cm³/mol. The number of ether oxygens (including phenoxy) is 1. The van der Waals surface area contributed by atoms with Gasteiger partial charge in [-0.05, 0) is 0 Å². The van der Waals surface area contributed by atoms with Crippen molar-refractivity contribution in [1.29, 1.82) is 0 Å². The van der Waals surface area contributed by atoms with E-state index in [0.29, 0.717) is 12.3 Å². The molecule has 2 rings (SSSR count). The molecule has 0 radical (unpaired) electrons. The quantitative estimate of drug-likeness (QED) is 0.462. The molecule has 2 heterocycles. The molecule has 0 bridgehead atoms. The zero-order chi connectivity index (χ0) is 5.56. The van der Waals surface area contributed by atoms with Gasteiger partial charge in [-0.3, -0.25) is 5.32 Å². The molecule has 0 aliphatic carbocycles. The van der Waals surface area contributed by atoms with Crippen molar-refractivity contribution in [3.05, 3.63) is 0 Å². The summed E-state index contributed by atoms with van der Waals surface area (Å²) in [5.41, 5.74) is 0. The number of halogens is 1. The highest BCUT2D eigenvalue weighted by atomic mass is 127. The van der Waals surface area contributed by atoms with E-state index in [1.165, 1.54) is 0 Å². The van der Waals surface area contributed by atoms with Crippen LogP contribution in [-0.4, -0.2) is 28.7 Å². The van der Waals surface area contributed by atoms with E-state index in [1.807, 2.05) is 0 Å². The van der Waals surface area contributed by atoms with Crippen molar-refractivity contribution < 1.29 is 4.74 Å². The second-order valence-corrected chi connectivity index (χ2v) is 3.32. The van der Waals surface area contributed by atoms with Crippen LogP contribution in [0, 0.1) is 0 Å². The van der Waals surface area contributed by atoms with Crippen LogP contribution < -0.4 is 5.32 Å². The lowest BCUT2D eigenvalue weighted by atomic mass is 10.2. The molecule has 46 valence electrons. The number of nitrogens with zero attached hydrogens (tertiary/aromatic N) is 1. The van der Waals surface area contributed by atoms with Gasteiger partial charge in [0.25, 0.3) is 0 Å². The Morgan fingerprint density at radius 1 is 1.75 bits per heavy atom. The number of nitrogens with one attached hydrogen (secondary N) is 1. The number of hydrogen-bond acceptors (Lipinski definition) is 3. The Labute approximate surface area is 61.9 Å². The lowest BCUT2D eigenvalue weighted by molar-refractivity contribution is -0.0850. The van der Waals surface area contributed by atoms with Gasteiger partial charge in [-0.25, -0.2) is 3.11 Å². The van der Waals surface area contributed by atoms with Gasteiger partial charge in [0.15, 0.2) is 0 Å². The van der Waals surface area contributed by atoms with E-state index < -0.39 is 0 Å². The minimum absolute atomic E-state index is 0.340. The number of fused-ring (bicyclic) bond motifs is 1. The van der Waals surface area contributed by atoms with E-state index in [4.69, 9.17) is 4.74 Å². The van der Waals surface area contributed by atoms with Crippen LogP contribution in [0.2, 0.25) is 0 Å². The van der Waals surface area contributed by atoms with Crippen LogP contribution in [0.4, 0.5) is 0 Å². The minimum atomic E-state index is 0.340. The Kier molecular flexibility index (Phi) is 1.21. The van der Waals surface area contributed by atoms with Crippen LogP contribution in [0.15, 0.2) is 0 Å². The smallest absolute Gasteiger partial charge is 0.128 e. The molecule has 4 heteroatoms. The summed E-state index contributed by atoms with van der Waals surface area (Å²) < 4.78 is 7.41. The van der Waals surface area contributed by atoms with Gasteiger partial charge in [-0.15, -0.1) is 0 Å². The first-order chi connectivity index (χ1) is 3.88. The van der Waals surface area contributed by atoms with Crippen molar-refractivity contribution in [2.75, 3.05) is 13.3 Å². The summed E-state index contributed by atoms with van der Waals surface area (Å²) in [6, 6.07) is 0.649. The molecule has 0 amide bonds. The van der Waals surface area contributed by atoms with Crippen LogP contribution in [-0.2, 0) is 4.74 Å². The molecule has 2 saturated heterocycles. The van der Waals surface area contributed by atoms with E-state index in [-0.39, 0.29) is 0 Å². The van der Waals surface area contributed by atoms with E-state index >= 15 is 0 Å². The molecular weight excluding hydrogens is 219 g/mol. The Bertz CT molecular complexity index is 104. The molecule has 0 aromatic rings. The van der Waals surface area contributed by atoms with Crippen molar-refractivity contribution in [1.82, 2.24) is 8.43 Å². The zero-order valence-electron chi connectivity index (χ0n) is 4.30. The van der Waals surface area contributed by atoms with Crippen LogP contribution in [0.3, 0.4) is 0 Å². The maximum Gasteiger partial charge on any atom is 0.128 e. The summed E-state index contributed by atoms with van der Waals surface area (Å²) in [6.07, 6.45) is 0.340. The molecule has 0 saturated carbocycles. The van der Waals surface area contributed by atoms with Gasteiger partial charge in [0.2, 0.25) is 0 Å². The summed E-state index contributed by atoms with van der Waals surface area (Å²) >= 11 is 2.32. The first kappa shape index (κ1) is 5.40. The molecule has 2 aliphatic rings. The van der Waals surface area contributed by atoms with Gasteiger partial charge >= 0.3 is 0 Å². The lowest BCUT2D eigenvalue weighted by Gasteiger charge is -2.31. The van der Waals surface area contributed by atoms with E-state index in [2.05, 4.69) is 31.3 Å². The topological polar surface area (TPSA) is 24.5 Å². The van der Waals surface area contributed by atoms with Gasteiger partial charge in [0.1, 0.15) is 6.23 Å². The van der Waals surface area contributed by atoms with Crippen LogP contribution >= 0.6 is 22.9 Å². The Balaban J connectivity index is 2.05. The molecule has 2 atom stereocenters. The summed E-state index contributed by atoms with van der Waals surface area (Å²) in [6.45, 7) is 1.87. The summed E-state index contributed by atoms with van der Waals surface area (Å²) in [4.78, 5) is 0. The zero-order valence-corrected chi connectivity index (χ0v) is 6.46. The fourth-order valence-electron chi connectivity index (χ4n) is 0.996. The summed E-state index contributed by atoms with van der Waals surface area (Å²) in [5.74, 6) is 0. The highest BCUT2D eigenvalue weighted by Gasteiger charge is 2.40. The first-order valence-corrected chi connectivity index (χ1v) is 3.62. The van der Waals surface area contributed by atoms with Crippen LogP contribution in [0.25, 0.3) is 0 Å². The molecule has 0 aromatic carbocycles. The van der Waals surface area contributed by atoms with Crippen molar-refractivity contribution >= 4 is 22.9 Å². The highest BCUT2D eigenvalue weighted by Crippen LogP contribution is 2.24. The molecule has 0 spiro atoms. The fraction of sp³-hybridized carbons (Fsp3) is 1.00. The fourth-order valence-corrected chi connectivity index (χ4v) is 1.65. The van der Waals surface area contributed by atoms with Gasteiger partial charge in [-0.1, -0.05) is 0 Å². The monoisotopic (exact) mass is 226 g/mol. The van der Waals surface area contributed by atoms with E-state index in [1.54, 1.807) is 0 Å². The number of hydrogen-bond donors (Lipinski definition) is 1. The Morgan fingerprint density at radius 3 is 2.88 bits per heavy atom. The van der Waals surface area contributed by atoms with Crippen molar-refractivity contribution in [2.24, 2.45) is 0 Å². The van der Waals surface area contributed by atoms with Crippen molar-refractivity contribution in [3.8, 4) is 0 Å². The third-order valence-corrected chi connectivity index (χ3v) is 2.66. The van der Waals surface area contributed by atoms with Gasteiger partial charge < -0.3 is 4.74 Å². The molecule has 2 aliphatic heterocycles. The normalized spacial score (nSPS) is 46.1. The molecule has 0 aromatic heterocycles. The SMILES string of the molecule is IN1CNC2OCC21. The van der Waals surface area contributed by atoms with Gasteiger partial charge in [-0.2, -0.15) is 0 Å². The van der Waals surface area contributed by atoms with Crippen LogP contribution in [0.5, 0.6) is 0 Å². The largest absolute Gasteiger partial charge is 0.360 e. The van der Waals surface area contributed by atoms with Crippen LogP contribution in [0.1, 0.15) is 0 Å².